The molecule has 3 heteroatoms. The van der Waals surface area contributed by atoms with Crippen LogP contribution in [0.15, 0.2) is 0 Å². The fourth-order valence-electron chi connectivity index (χ4n) is 2.01. The van der Waals surface area contributed by atoms with Gasteiger partial charge in [0.1, 0.15) is 6.10 Å². The summed E-state index contributed by atoms with van der Waals surface area (Å²) in [5, 5.41) is 0. The average molecular weight is 201 g/mol. The van der Waals surface area contributed by atoms with E-state index in [-0.39, 0.29) is 19.6 Å². The predicted molar refractivity (Wildman–Crippen MR) is 58.4 cm³/mol. The third kappa shape index (κ3) is 2.40. The van der Waals surface area contributed by atoms with Crippen LogP contribution < -0.4 is 0 Å². The summed E-state index contributed by atoms with van der Waals surface area (Å²) < 4.78 is 5.16. The van der Waals surface area contributed by atoms with Gasteiger partial charge in [0.15, 0.2) is 0 Å². The molecule has 0 aromatic carbocycles. The first kappa shape index (κ1) is 13.3. The molecule has 0 N–H and O–H groups in total. The summed E-state index contributed by atoms with van der Waals surface area (Å²) in [4.78, 5) is 12.8. The maximum Gasteiger partial charge on any atom is 0.410 e. The maximum atomic E-state index is 11.0. The number of likely N-dealkylation sites (N-methyl/N-ethyl adjacent to an activating group) is 1. The predicted octanol–water partition coefficient (Wildman–Crippen LogP) is 3.04. The molecule has 1 amide bonds. The molecule has 1 heterocycles. The second-order valence-electron chi connectivity index (χ2n) is 3.38. The molecule has 3 nitrogen and oxygen atoms in total. The normalized spacial score (nSPS) is 29.4. The van der Waals surface area contributed by atoms with Gasteiger partial charge in [0.05, 0.1) is 6.04 Å². The van der Waals surface area contributed by atoms with Gasteiger partial charge in [0.25, 0.3) is 0 Å². The molecular weight excluding hydrogens is 178 g/mol. The minimum Gasteiger partial charge on any atom is -0.444 e. The van der Waals surface area contributed by atoms with Gasteiger partial charge in [0.2, 0.25) is 0 Å². The van der Waals surface area contributed by atoms with Crippen LogP contribution >= 0.6 is 0 Å². The number of fused-ring (bicyclic) bond motifs is 1. The smallest absolute Gasteiger partial charge is 0.410 e. The van der Waals surface area contributed by atoms with Crippen LogP contribution in [0.4, 0.5) is 4.79 Å². The molecular formula is C11H23NO2. The fourth-order valence-corrected chi connectivity index (χ4v) is 2.01. The van der Waals surface area contributed by atoms with Gasteiger partial charge in [-0.15, -0.1) is 0 Å². The lowest BCUT2D eigenvalue weighted by atomic mass is 9.93. The van der Waals surface area contributed by atoms with Crippen molar-refractivity contribution in [1.82, 2.24) is 4.90 Å². The van der Waals surface area contributed by atoms with Gasteiger partial charge in [-0.05, 0) is 19.3 Å². The van der Waals surface area contributed by atoms with E-state index in [1.807, 2.05) is 20.9 Å². The lowest BCUT2D eigenvalue weighted by molar-refractivity contribution is 0.113. The Balaban J connectivity index is 0.000000531. The van der Waals surface area contributed by atoms with E-state index in [0.717, 1.165) is 12.8 Å². The standard InChI is InChI=1S/C8H13NO2.C2H6.CH4/c1-9-6-4-2-3-5-7(6)11-8(9)10;1-2;/h6-7H,2-5H2,1H3;1-2H3;1H4. The summed E-state index contributed by atoms with van der Waals surface area (Å²) in [6.45, 7) is 4.00. The minimum absolute atomic E-state index is 0. The lowest BCUT2D eigenvalue weighted by Gasteiger charge is -2.25. The van der Waals surface area contributed by atoms with Crippen molar-refractivity contribution in [2.75, 3.05) is 7.05 Å². The Kier molecular flexibility index (Phi) is 5.58. The molecule has 1 aliphatic heterocycles. The second-order valence-corrected chi connectivity index (χ2v) is 3.38. The number of hydrogen-bond acceptors (Lipinski definition) is 2. The number of carbonyl (C=O) groups excluding carboxylic acids is 1. The molecule has 0 radical (unpaired) electrons. The summed E-state index contributed by atoms with van der Waals surface area (Å²) in [5.41, 5.74) is 0. The van der Waals surface area contributed by atoms with Crippen LogP contribution in [0.5, 0.6) is 0 Å². The van der Waals surface area contributed by atoms with Gasteiger partial charge in [-0.3, -0.25) is 0 Å². The highest BCUT2D eigenvalue weighted by molar-refractivity contribution is 5.70. The molecule has 2 rings (SSSR count). The van der Waals surface area contributed by atoms with Crippen LogP contribution in [0.1, 0.15) is 47.0 Å². The first-order valence-electron chi connectivity index (χ1n) is 5.22. The highest BCUT2D eigenvalue weighted by Gasteiger charge is 2.40. The number of hydrogen-bond donors (Lipinski definition) is 0. The van der Waals surface area contributed by atoms with E-state index < -0.39 is 0 Å². The van der Waals surface area contributed by atoms with E-state index in [4.69, 9.17) is 4.74 Å². The van der Waals surface area contributed by atoms with Crippen molar-refractivity contribution < 1.29 is 9.53 Å². The first-order chi connectivity index (χ1) is 6.29. The zero-order chi connectivity index (χ0) is 9.84. The Morgan fingerprint density at radius 3 is 2.43 bits per heavy atom. The second kappa shape index (κ2) is 5.89. The van der Waals surface area contributed by atoms with Gasteiger partial charge in [0, 0.05) is 7.05 Å². The van der Waals surface area contributed by atoms with Crippen LogP contribution in [0.2, 0.25) is 0 Å². The molecule has 0 bridgehead atoms. The Morgan fingerprint density at radius 1 is 1.29 bits per heavy atom. The number of nitrogens with zero attached hydrogens (tertiary/aromatic N) is 1. The van der Waals surface area contributed by atoms with Crippen LogP contribution in [-0.2, 0) is 4.74 Å². The highest BCUT2D eigenvalue weighted by atomic mass is 16.6. The number of amides is 1. The van der Waals surface area contributed by atoms with E-state index in [2.05, 4.69) is 0 Å². The van der Waals surface area contributed by atoms with Crippen molar-refractivity contribution in [3.05, 3.63) is 0 Å². The van der Waals surface area contributed by atoms with Gasteiger partial charge in [-0.1, -0.05) is 27.7 Å². The molecule has 1 saturated carbocycles. The third-order valence-electron chi connectivity index (χ3n) is 2.71. The van der Waals surface area contributed by atoms with E-state index in [9.17, 15) is 4.79 Å². The Bertz CT molecular complexity index is 182. The van der Waals surface area contributed by atoms with Crippen molar-refractivity contribution in [3.8, 4) is 0 Å². The maximum absolute atomic E-state index is 11.0. The Morgan fingerprint density at radius 2 is 1.86 bits per heavy atom. The SMILES string of the molecule is C.CC.CN1C(=O)OC2CCCCC21. The monoisotopic (exact) mass is 201 g/mol. The Labute approximate surface area is 87.4 Å². The van der Waals surface area contributed by atoms with Crippen LogP contribution in [0, 0.1) is 0 Å². The summed E-state index contributed by atoms with van der Waals surface area (Å²) >= 11 is 0. The van der Waals surface area contributed by atoms with E-state index >= 15 is 0 Å². The summed E-state index contributed by atoms with van der Waals surface area (Å²) in [5.74, 6) is 0. The van der Waals surface area contributed by atoms with E-state index in [1.165, 1.54) is 12.8 Å². The zero-order valence-corrected chi connectivity index (χ0v) is 8.75. The molecule has 0 aromatic rings. The molecule has 14 heavy (non-hydrogen) atoms. The van der Waals surface area contributed by atoms with Crippen molar-refractivity contribution in [2.24, 2.45) is 0 Å². The molecule has 2 atom stereocenters. The topological polar surface area (TPSA) is 29.5 Å². The molecule has 0 spiro atoms. The number of rotatable bonds is 0. The first-order valence-corrected chi connectivity index (χ1v) is 5.22. The van der Waals surface area contributed by atoms with Crippen LogP contribution in [0.25, 0.3) is 0 Å². The van der Waals surface area contributed by atoms with E-state index in [1.54, 1.807) is 4.90 Å². The molecule has 84 valence electrons. The number of carbonyl (C=O) groups is 1. The van der Waals surface area contributed by atoms with Crippen LogP contribution in [-0.4, -0.2) is 30.2 Å². The molecule has 2 unspecified atom stereocenters. The zero-order valence-electron chi connectivity index (χ0n) is 8.75. The van der Waals surface area contributed by atoms with Gasteiger partial charge in [-0.2, -0.15) is 0 Å². The van der Waals surface area contributed by atoms with E-state index in [0.29, 0.717) is 6.04 Å². The van der Waals surface area contributed by atoms with Crippen molar-refractivity contribution in [3.63, 3.8) is 0 Å². The van der Waals surface area contributed by atoms with Gasteiger partial charge in [-0.25, -0.2) is 4.79 Å². The molecule has 1 aliphatic carbocycles. The molecule has 2 aliphatic rings. The molecule has 2 fully saturated rings. The molecule has 0 aromatic heterocycles. The highest BCUT2D eigenvalue weighted by Crippen LogP contribution is 2.30. The summed E-state index contributed by atoms with van der Waals surface area (Å²) in [6.07, 6.45) is 4.68. The lowest BCUT2D eigenvalue weighted by Crippen LogP contribution is -2.35. The Hall–Kier alpha value is -0.730. The minimum atomic E-state index is -0.137. The van der Waals surface area contributed by atoms with Gasteiger partial charge < -0.3 is 9.64 Å². The quantitative estimate of drug-likeness (QED) is 0.603. The van der Waals surface area contributed by atoms with Crippen molar-refractivity contribution in [2.45, 2.75) is 59.1 Å². The van der Waals surface area contributed by atoms with Crippen LogP contribution in [0.3, 0.4) is 0 Å². The van der Waals surface area contributed by atoms with Crippen molar-refractivity contribution in [1.29, 1.82) is 0 Å². The fraction of sp³-hybridized carbons (Fsp3) is 0.909. The third-order valence-corrected chi connectivity index (χ3v) is 2.71. The molecule has 1 saturated heterocycles. The van der Waals surface area contributed by atoms with Crippen molar-refractivity contribution >= 4 is 6.09 Å². The number of ether oxygens (including phenoxy) is 1. The largest absolute Gasteiger partial charge is 0.444 e. The average Bonchev–Trinajstić information content (AvgIpc) is 2.47. The summed E-state index contributed by atoms with van der Waals surface area (Å²) in [6, 6.07) is 0.372. The van der Waals surface area contributed by atoms with Gasteiger partial charge >= 0.3 is 6.09 Å². The summed E-state index contributed by atoms with van der Waals surface area (Å²) in [7, 11) is 1.83.